The Hall–Kier alpha value is -0.960. The van der Waals surface area contributed by atoms with Crippen molar-refractivity contribution >= 4 is 0 Å². The predicted octanol–water partition coefficient (Wildman–Crippen LogP) is 2.58. The summed E-state index contributed by atoms with van der Waals surface area (Å²) in [5.41, 5.74) is 0.856. The van der Waals surface area contributed by atoms with Crippen molar-refractivity contribution in [2.24, 2.45) is 17.8 Å². The Kier molecular flexibility index (Phi) is 3.54. The number of hydrogen-bond donors (Lipinski definition) is 1. The molecule has 0 aromatic carbocycles. The summed E-state index contributed by atoms with van der Waals surface area (Å²) in [7, 11) is 0. The van der Waals surface area contributed by atoms with E-state index < -0.39 is 6.10 Å². The molecule has 1 aliphatic carbocycles. The molecule has 88 valence electrons. The molecule has 1 heterocycles. The highest BCUT2D eigenvalue weighted by molar-refractivity contribution is 5.08. The average molecular weight is 220 g/mol. The van der Waals surface area contributed by atoms with Gasteiger partial charge in [0.15, 0.2) is 0 Å². The van der Waals surface area contributed by atoms with E-state index in [1.54, 1.807) is 12.4 Å². The van der Waals surface area contributed by atoms with Gasteiger partial charge >= 0.3 is 0 Å². The van der Waals surface area contributed by atoms with Crippen LogP contribution in [-0.2, 0) is 0 Å². The summed E-state index contributed by atoms with van der Waals surface area (Å²) in [5, 5.41) is 10.3. The molecule has 3 nitrogen and oxygen atoms in total. The molecule has 3 heteroatoms. The van der Waals surface area contributed by atoms with E-state index in [0.717, 1.165) is 24.3 Å². The molecule has 16 heavy (non-hydrogen) atoms. The van der Waals surface area contributed by atoms with Gasteiger partial charge in [-0.05, 0) is 30.6 Å². The number of aliphatic hydroxyl groups excluding tert-OH is 1. The number of rotatable bonds is 2. The lowest BCUT2D eigenvalue weighted by molar-refractivity contribution is 0.0556. The largest absolute Gasteiger partial charge is 0.388 e. The standard InChI is InChI=1S/C13H20N2O/c1-9-3-4-11(5-10(9)2)13(16)12-6-14-8-15-7-12/h6-11,13,16H,3-5H2,1-2H3. The summed E-state index contributed by atoms with van der Waals surface area (Å²) in [6.45, 7) is 4.59. The van der Waals surface area contributed by atoms with Gasteiger partial charge < -0.3 is 5.11 Å². The maximum Gasteiger partial charge on any atom is 0.115 e. The Balaban J connectivity index is 2.03. The SMILES string of the molecule is CC1CCC(C(O)c2cncnc2)CC1C. The summed E-state index contributed by atoms with van der Waals surface area (Å²) in [4.78, 5) is 7.93. The lowest BCUT2D eigenvalue weighted by Gasteiger charge is -2.34. The van der Waals surface area contributed by atoms with Gasteiger partial charge in [0.1, 0.15) is 6.33 Å². The van der Waals surface area contributed by atoms with Gasteiger partial charge in [0.05, 0.1) is 6.10 Å². The van der Waals surface area contributed by atoms with Gasteiger partial charge in [-0.1, -0.05) is 20.3 Å². The molecule has 0 spiro atoms. The topological polar surface area (TPSA) is 46.0 Å². The number of nitrogens with zero attached hydrogens (tertiary/aromatic N) is 2. The van der Waals surface area contributed by atoms with Crippen LogP contribution in [0.2, 0.25) is 0 Å². The summed E-state index contributed by atoms with van der Waals surface area (Å²) >= 11 is 0. The maximum atomic E-state index is 10.3. The summed E-state index contributed by atoms with van der Waals surface area (Å²) < 4.78 is 0. The summed E-state index contributed by atoms with van der Waals surface area (Å²) in [6, 6.07) is 0. The van der Waals surface area contributed by atoms with Gasteiger partial charge in [-0.15, -0.1) is 0 Å². The van der Waals surface area contributed by atoms with E-state index >= 15 is 0 Å². The normalized spacial score (nSPS) is 32.3. The molecule has 1 aliphatic rings. The first kappa shape index (κ1) is 11.5. The molecule has 1 fully saturated rings. The van der Waals surface area contributed by atoms with Crippen molar-refractivity contribution in [3.63, 3.8) is 0 Å². The van der Waals surface area contributed by atoms with E-state index in [1.807, 2.05) is 0 Å². The van der Waals surface area contributed by atoms with Crippen LogP contribution < -0.4 is 0 Å². The van der Waals surface area contributed by atoms with Crippen molar-refractivity contribution in [3.05, 3.63) is 24.3 Å². The molecule has 4 unspecified atom stereocenters. The average Bonchev–Trinajstić information content (AvgIpc) is 2.33. The van der Waals surface area contributed by atoms with E-state index in [9.17, 15) is 5.11 Å². The lowest BCUT2D eigenvalue weighted by atomic mass is 9.73. The first-order valence-corrected chi connectivity index (χ1v) is 6.11. The molecule has 0 saturated heterocycles. The van der Waals surface area contributed by atoms with Gasteiger partial charge in [-0.3, -0.25) is 0 Å². The minimum absolute atomic E-state index is 0.372. The molecule has 0 radical (unpaired) electrons. The number of aliphatic hydroxyl groups is 1. The van der Waals surface area contributed by atoms with Crippen molar-refractivity contribution < 1.29 is 5.11 Å². The molecule has 1 aromatic rings. The van der Waals surface area contributed by atoms with Crippen LogP contribution in [-0.4, -0.2) is 15.1 Å². The summed E-state index contributed by atoms with van der Waals surface area (Å²) in [6.07, 6.45) is 7.99. The highest BCUT2D eigenvalue weighted by atomic mass is 16.3. The highest BCUT2D eigenvalue weighted by Crippen LogP contribution is 2.39. The van der Waals surface area contributed by atoms with Gasteiger partial charge in [0.2, 0.25) is 0 Å². The van der Waals surface area contributed by atoms with Crippen LogP contribution in [0.1, 0.15) is 44.8 Å². The van der Waals surface area contributed by atoms with Gasteiger partial charge in [0.25, 0.3) is 0 Å². The van der Waals surface area contributed by atoms with Crippen molar-refractivity contribution in [1.29, 1.82) is 0 Å². The monoisotopic (exact) mass is 220 g/mol. The number of aromatic nitrogens is 2. The van der Waals surface area contributed by atoms with Crippen LogP contribution in [0, 0.1) is 17.8 Å². The van der Waals surface area contributed by atoms with E-state index in [2.05, 4.69) is 23.8 Å². The summed E-state index contributed by atoms with van der Waals surface area (Å²) in [5.74, 6) is 1.87. The second-order valence-corrected chi connectivity index (χ2v) is 5.14. The molecule has 4 atom stereocenters. The number of hydrogen-bond acceptors (Lipinski definition) is 3. The quantitative estimate of drug-likeness (QED) is 0.833. The van der Waals surface area contributed by atoms with Crippen molar-refractivity contribution in [2.45, 2.75) is 39.2 Å². The Morgan fingerprint density at radius 2 is 1.88 bits per heavy atom. The molecule has 0 bridgehead atoms. The highest BCUT2D eigenvalue weighted by Gasteiger charge is 2.30. The second-order valence-electron chi connectivity index (χ2n) is 5.14. The fourth-order valence-electron chi connectivity index (χ4n) is 2.61. The van der Waals surface area contributed by atoms with Crippen molar-refractivity contribution in [2.75, 3.05) is 0 Å². The van der Waals surface area contributed by atoms with E-state index in [0.29, 0.717) is 11.8 Å². The van der Waals surface area contributed by atoms with E-state index in [-0.39, 0.29) is 0 Å². The van der Waals surface area contributed by atoms with Crippen LogP contribution >= 0.6 is 0 Å². The molecule has 0 amide bonds. The van der Waals surface area contributed by atoms with Crippen LogP contribution in [0.25, 0.3) is 0 Å². The van der Waals surface area contributed by atoms with Crippen LogP contribution in [0.15, 0.2) is 18.7 Å². The van der Waals surface area contributed by atoms with Crippen molar-refractivity contribution in [3.8, 4) is 0 Å². The first-order valence-electron chi connectivity index (χ1n) is 6.11. The molecule has 1 N–H and O–H groups in total. The van der Waals surface area contributed by atoms with Gasteiger partial charge in [0, 0.05) is 18.0 Å². The van der Waals surface area contributed by atoms with Crippen molar-refractivity contribution in [1.82, 2.24) is 9.97 Å². The molecular formula is C13H20N2O. The molecular weight excluding hydrogens is 200 g/mol. The first-order chi connectivity index (χ1) is 7.68. The van der Waals surface area contributed by atoms with Gasteiger partial charge in [-0.2, -0.15) is 0 Å². The third-order valence-corrected chi connectivity index (χ3v) is 4.01. The third kappa shape index (κ3) is 2.40. The third-order valence-electron chi connectivity index (χ3n) is 4.01. The molecule has 2 rings (SSSR count). The van der Waals surface area contributed by atoms with Gasteiger partial charge in [-0.25, -0.2) is 9.97 Å². The Morgan fingerprint density at radius 1 is 1.19 bits per heavy atom. The smallest absolute Gasteiger partial charge is 0.115 e. The van der Waals surface area contributed by atoms with Crippen LogP contribution in [0.5, 0.6) is 0 Å². The fraction of sp³-hybridized carbons (Fsp3) is 0.692. The minimum Gasteiger partial charge on any atom is -0.388 e. The Bertz CT molecular complexity index is 328. The van der Waals surface area contributed by atoms with Crippen LogP contribution in [0.3, 0.4) is 0 Å². The van der Waals surface area contributed by atoms with E-state index in [1.165, 1.54) is 12.7 Å². The van der Waals surface area contributed by atoms with E-state index in [4.69, 9.17) is 0 Å². The predicted molar refractivity (Wildman–Crippen MR) is 62.7 cm³/mol. The fourth-order valence-corrected chi connectivity index (χ4v) is 2.61. The second kappa shape index (κ2) is 4.91. The zero-order valence-electron chi connectivity index (χ0n) is 10.0. The zero-order valence-corrected chi connectivity index (χ0v) is 10.0. The molecule has 1 aromatic heterocycles. The Labute approximate surface area is 96.9 Å². The molecule has 0 aliphatic heterocycles. The maximum absolute atomic E-state index is 10.3. The zero-order chi connectivity index (χ0) is 11.5. The van der Waals surface area contributed by atoms with Crippen LogP contribution in [0.4, 0.5) is 0 Å². The minimum atomic E-state index is -0.392. The Morgan fingerprint density at radius 3 is 2.50 bits per heavy atom. The molecule has 1 saturated carbocycles. The lowest BCUT2D eigenvalue weighted by Crippen LogP contribution is -2.25.